The summed E-state index contributed by atoms with van der Waals surface area (Å²) >= 11 is 5.50. The van der Waals surface area contributed by atoms with Crippen molar-refractivity contribution in [2.45, 2.75) is 12.8 Å². The number of hydrogen-bond donors (Lipinski definition) is 0. The summed E-state index contributed by atoms with van der Waals surface area (Å²) < 4.78 is 25.8. The minimum absolute atomic E-state index is 0.0637. The fourth-order valence-electron chi connectivity index (χ4n) is 1.00. The molecule has 0 aliphatic heterocycles. The van der Waals surface area contributed by atoms with E-state index in [2.05, 4.69) is 0 Å². The second kappa shape index (κ2) is 4.33. The standard InChI is InChI=1S/C9H7ClF2O/c10-9-6(2-1-5-13)7(11)3-4-8(9)12/h3-5H,1-2H2. The molecule has 0 heterocycles. The Morgan fingerprint density at radius 3 is 2.54 bits per heavy atom. The lowest BCUT2D eigenvalue weighted by Crippen LogP contribution is -1.95. The Kier molecular flexibility index (Phi) is 3.37. The summed E-state index contributed by atoms with van der Waals surface area (Å²) in [5.74, 6) is -1.24. The summed E-state index contributed by atoms with van der Waals surface area (Å²) in [6.07, 6.45) is 0.909. The van der Waals surface area contributed by atoms with Crippen molar-refractivity contribution in [2.24, 2.45) is 0 Å². The first-order valence-electron chi connectivity index (χ1n) is 3.73. The molecule has 0 saturated carbocycles. The molecule has 1 aromatic rings. The Balaban J connectivity index is 3.02. The average Bonchev–Trinajstić information content (AvgIpc) is 2.12. The summed E-state index contributed by atoms with van der Waals surface area (Å²) in [6.45, 7) is 0. The number of hydrogen-bond acceptors (Lipinski definition) is 1. The van der Waals surface area contributed by atoms with Gasteiger partial charge in [0.25, 0.3) is 0 Å². The van der Waals surface area contributed by atoms with Gasteiger partial charge in [-0.15, -0.1) is 0 Å². The Labute approximate surface area is 79.3 Å². The SMILES string of the molecule is O=CCCc1c(F)ccc(F)c1Cl. The molecule has 0 atom stereocenters. The van der Waals surface area contributed by atoms with Crippen LogP contribution in [0.3, 0.4) is 0 Å². The normalized spacial score (nSPS) is 10.1. The van der Waals surface area contributed by atoms with Crippen LogP contribution < -0.4 is 0 Å². The predicted octanol–water partition coefficient (Wildman–Crippen LogP) is 2.75. The van der Waals surface area contributed by atoms with Gasteiger partial charge in [-0.3, -0.25) is 0 Å². The average molecular weight is 205 g/mol. The molecule has 0 bridgehead atoms. The van der Waals surface area contributed by atoms with Crippen LogP contribution in [0.4, 0.5) is 8.78 Å². The maximum absolute atomic E-state index is 13.0. The van der Waals surface area contributed by atoms with Crippen LogP contribution in [0.5, 0.6) is 0 Å². The van der Waals surface area contributed by atoms with Gasteiger partial charge in [0.05, 0.1) is 5.02 Å². The second-order valence-electron chi connectivity index (χ2n) is 2.53. The lowest BCUT2D eigenvalue weighted by Gasteiger charge is -2.03. The van der Waals surface area contributed by atoms with Crippen molar-refractivity contribution in [3.8, 4) is 0 Å². The van der Waals surface area contributed by atoms with Crippen LogP contribution in [0.25, 0.3) is 0 Å². The van der Waals surface area contributed by atoms with Crippen LogP contribution in [0.15, 0.2) is 12.1 Å². The number of carbonyl (C=O) groups is 1. The third-order valence-electron chi connectivity index (χ3n) is 1.65. The first-order chi connectivity index (χ1) is 6.16. The highest BCUT2D eigenvalue weighted by Crippen LogP contribution is 2.23. The molecule has 0 aliphatic rings. The summed E-state index contributed by atoms with van der Waals surface area (Å²) in [5.41, 5.74) is 0.0637. The molecular formula is C9H7ClF2O. The Hall–Kier alpha value is -0.960. The Morgan fingerprint density at radius 2 is 1.92 bits per heavy atom. The molecule has 0 fully saturated rings. The van der Waals surface area contributed by atoms with E-state index < -0.39 is 11.6 Å². The molecule has 0 unspecified atom stereocenters. The smallest absolute Gasteiger partial charge is 0.142 e. The van der Waals surface area contributed by atoms with E-state index in [4.69, 9.17) is 11.6 Å². The molecule has 0 amide bonds. The molecule has 1 rings (SSSR count). The summed E-state index contributed by atoms with van der Waals surface area (Å²) in [7, 11) is 0. The molecule has 0 aromatic heterocycles. The van der Waals surface area contributed by atoms with Gasteiger partial charge in [0.2, 0.25) is 0 Å². The van der Waals surface area contributed by atoms with Gasteiger partial charge in [-0.2, -0.15) is 0 Å². The van der Waals surface area contributed by atoms with Crippen LogP contribution in [0.1, 0.15) is 12.0 Å². The maximum atomic E-state index is 13.0. The highest BCUT2D eigenvalue weighted by molar-refractivity contribution is 6.31. The van der Waals surface area contributed by atoms with Gasteiger partial charge >= 0.3 is 0 Å². The third-order valence-corrected chi connectivity index (χ3v) is 2.06. The summed E-state index contributed by atoms with van der Waals surface area (Å²) in [4.78, 5) is 10.0. The molecular weight excluding hydrogens is 198 g/mol. The van der Waals surface area contributed by atoms with E-state index in [1.807, 2.05) is 0 Å². The van der Waals surface area contributed by atoms with E-state index >= 15 is 0 Å². The van der Waals surface area contributed by atoms with Crippen LogP contribution >= 0.6 is 11.6 Å². The highest BCUT2D eigenvalue weighted by Gasteiger charge is 2.10. The quantitative estimate of drug-likeness (QED) is 0.547. The van der Waals surface area contributed by atoms with Crippen molar-refractivity contribution in [3.05, 3.63) is 34.4 Å². The van der Waals surface area contributed by atoms with E-state index in [1.54, 1.807) is 0 Å². The summed E-state index contributed by atoms with van der Waals surface area (Å²) in [6, 6.07) is 1.96. The van der Waals surface area contributed by atoms with Crippen molar-refractivity contribution < 1.29 is 13.6 Å². The molecule has 1 aromatic carbocycles. The number of carbonyl (C=O) groups excluding carboxylic acids is 1. The van der Waals surface area contributed by atoms with E-state index in [0.29, 0.717) is 6.29 Å². The van der Waals surface area contributed by atoms with E-state index in [1.165, 1.54) is 0 Å². The van der Waals surface area contributed by atoms with Crippen LogP contribution in [0, 0.1) is 11.6 Å². The van der Waals surface area contributed by atoms with Crippen molar-refractivity contribution >= 4 is 17.9 Å². The number of halogens is 3. The van der Waals surface area contributed by atoms with E-state index in [9.17, 15) is 13.6 Å². The van der Waals surface area contributed by atoms with Crippen LogP contribution in [-0.2, 0) is 11.2 Å². The van der Waals surface area contributed by atoms with Gasteiger partial charge in [0, 0.05) is 12.0 Å². The lowest BCUT2D eigenvalue weighted by atomic mass is 10.1. The first kappa shape index (κ1) is 10.1. The topological polar surface area (TPSA) is 17.1 Å². The predicted molar refractivity (Wildman–Crippen MR) is 45.8 cm³/mol. The molecule has 70 valence electrons. The van der Waals surface area contributed by atoms with Gasteiger partial charge < -0.3 is 4.79 Å². The number of benzene rings is 1. The minimum Gasteiger partial charge on any atom is -0.303 e. The molecule has 1 nitrogen and oxygen atoms in total. The van der Waals surface area contributed by atoms with Gasteiger partial charge in [0.1, 0.15) is 17.9 Å². The monoisotopic (exact) mass is 204 g/mol. The van der Waals surface area contributed by atoms with Crippen LogP contribution in [0.2, 0.25) is 5.02 Å². The van der Waals surface area contributed by atoms with E-state index in [-0.39, 0.29) is 23.4 Å². The van der Waals surface area contributed by atoms with Crippen molar-refractivity contribution in [3.63, 3.8) is 0 Å². The van der Waals surface area contributed by atoms with Crippen LogP contribution in [-0.4, -0.2) is 6.29 Å². The first-order valence-corrected chi connectivity index (χ1v) is 4.10. The zero-order valence-electron chi connectivity index (χ0n) is 6.69. The van der Waals surface area contributed by atoms with Gasteiger partial charge in [0.15, 0.2) is 0 Å². The second-order valence-corrected chi connectivity index (χ2v) is 2.91. The zero-order chi connectivity index (χ0) is 9.84. The van der Waals surface area contributed by atoms with Gasteiger partial charge in [-0.1, -0.05) is 11.6 Å². The maximum Gasteiger partial charge on any atom is 0.142 e. The van der Waals surface area contributed by atoms with Crippen molar-refractivity contribution in [1.82, 2.24) is 0 Å². The Bertz CT molecular complexity index is 326. The largest absolute Gasteiger partial charge is 0.303 e. The number of aldehydes is 1. The van der Waals surface area contributed by atoms with E-state index in [0.717, 1.165) is 12.1 Å². The number of rotatable bonds is 3. The Morgan fingerprint density at radius 1 is 1.31 bits per heavy atom. The molecule has 0 saturated heterocycles. The molecule has 0 aliphatic carbocycles. The molecule has 4 heteroatoms. The molecule has 0 radical (unpaired) electrons. The fraction of sp³-hybridized carbons (Fsp3) is 0.222. The molecule has 0 spiro atoms. The lowest BCUT2D eigenvalue weighted by molar-refractivity contribution is -0.107. The zero-order valence-corrected chi connectivity index (χ0v) is 7.44. The van der Waals surface area contributed by atoms with Crippen molar-refractivity contribution in [1.29, 1.82) is 0 Å². The minimum atomic E-state index is -0.663. The highest BCUT2D eigenvalue weighted by atomic mass is 35.5. The van der Waals surface area contributed by atoms with Gasteiger partial charge in [-0.05, 0) is 18.6 Å². The van der Waals surface area contributed by atoms with Crippen molar-refractivity contribution in [2.75, 3.05) is 0 Å². The fourth-order valence-corrected chi connectivity index (χ4v) is 1.25. The molecule has 13 heavy (non-hydrogen) atoms. The molecule has 0 N–H and O–H groups in total. The van der Waals surface area contributed by atoms with Gasteiger partial charge in [-0.25, -0.2) is 8.78 Å². The third kappa shape index (κ3) is 2.25. The summed E-state index contributed by atoms with van der Waals surface area (Å²) in [5, 5.41) is -0.234.